The maximum absolute atomic E-state index is 11.9. The van der Waals surface area contributed by atoms with Gasteiger partial charge in [0, 0.05) is 23.4 Å². The smallest absolute Gasteiger partial charge is 0.278 e. The van der Waals surface area contributed by atoms with Crippen LogP contribution < -0.4 is 10.2 Å². The van der Waals surface area contributed by atoms with Crippen LogP contribution in [0.5, 0.6) is 5.88 Å². The van der Waals surface area contributed by atoms with Crippen LogP contribution in [0.15, 0.2) is 29.5 Å². The van der Waals surface area contributed by atoms with Crippen molar-refractivity contribution in [3.8, 4) is 5.88 Å². The van der Waals surface area contributed by atoms with Gasteiger partial charge in [-0.05, 0) is 36.7 Å². The topological polar surface area (TPSA) is 63.6 Å². The number of nitrogens with zero attached hydrogens (tertiary/aromatic N) is 2. The van der Waals surface area contributed by atoms with E-state index in [1.54, 1.807) is 18.3 Å². The minimum Gasteiger partial charge on any atom is -0.467 e. The molecule has 0 aliphatic heterocycles. The Hall–Kier alpha value is -1.91. The molecule has 2 bridgehead atoms. The highest BCUT2D eigenvalue weighted by Crippen LogP contribution is 2.63. The van der Waals surface area contributed by atoms with E-state index in [0.717, 1.165) is 18.6 Å². The first kappa shape index (κ1) is 15.0. The zero-order valence-electron chi connectivity index (χ0n) is 13.4. The summed E-state index contributed by atoms with van der Waals surface area (Å²) in [6, 6.07) is 5.34. The quantitative estimate of drug-likeness (QED) is 0.870. The number of pyridine rings is 1. The molecule has 2 atom stereocenters. The van der Waals surface area contributed by atoms with Gasteiger partial charge in [-0.15, -0.1) is 0 Å². The Morgan fingerprint density at radius 2 is 2.27 bits per heavy atom. The monoisotopic (exact) mass is 301 g/mol. The van der Waals surface area contributed by atoms with E-state index in [9.17, 15) is 4.79 Å². The molecular weight excluding hydrogens is 278 g/mol. The lowest BCUT2D eigenvalue weighted by atomic mass is 9.70. The number of nitrogens with one attached hydrogen (secondary N) is 1. The Bertz CT molecular complexity index is 597. The maximum atomic E-state index is 11.9. The Balaban J connectivity index is 1.57. The summed E-state index contributed by atoms with van der Waals surface area (Å²) in [7, 11) is 0. The van der Waals surface area contributed by atoms with E-state index in [2.05, 4.69) is 36.3 Å². The highest BCUT2D eigenvalue weighted by molar-refractivity contribution is 5.95. The summed E-state index contributed by atoms with van der Waals surface area (Å²) in [4.78, 5) is 15.9. The Morgan fingerprint density at radius 1 is 1.45 bits per heavy atom. The van der Waals surface area contributed by atoms with Crippen molar-refractivity contribution in [1.82, 2.24) is 10.4 Å². The molecule has 1 heterocycles. The Kier molecular flexibility index (Phi) is 3.67. The lowest BCUT2D eigenvalue weighted by Gasteiger charge is -2.34. The molecule has 1 aromatic heterocycles. The number of carbonyl (C=O) groups excluding carboxylic acids is 1. The molecule has 2 saturated carbocycles. The number of carbonyl (C=O) groups is 1. The van der Waals surface area contributed by atoms with Crippen molar-refractivity contribution in [2.24, 2.45) is 21.8 Å². The minimum absolute atomic E-state index is 0.0721. The molecule has 2 fully saturated rings. The zero-order valence-corrected chi connectivity index (χ0v) is 13.4. The second-order valence-corrected chi connectivity index (χ2v) is 7.04. The van der Waals surface area contributed by atoms with E-state index in [1.165, 1.54) is 6.42 Å². The zero-order chi connectivity index (χ0) is 15.8. The van der Waals surface area contributed by atoms with Gasteiger partial charge in [-0.2, -0.15) is 5.10 Å². The number of rotatable bonds is 4. The molecule has 1 aromatic rings. The van der Waals surface area contributed by atoms with Crippen LogP contribution in [-0.2, 0) is 4.79 Å². The highest BCUT2D eigenvalue weighted by atomic mass is 16.5. The summed E-state index contributed by atoms with van der Waals surface area (Å²) in [6.45, 7) is 6.84. The van der Waals surface area contributed by atoms with Crippen molar-refractivity contribution in [2.45, 2.75) is 40.0 Å². The molecule has 22 heavy (non-hydrogen) atoms. The average Bonchev–Trinajstić information content (AvgIpc) is 2.85. The molecule has 0 spiro atoms. The highest BCUT2D eigenvalue weighted by Gasteiger charge is 2.59. The molecular formula is C17H23N3O2. The van der Waals surface area contributed by atoms with E-state index >= 15 is 0 Å². The van der Waals surface area contributed by atoms with E-state index < -0.39 is 0 Å². The van der Waals surface area contributed by atoms with Crippen LogP contribution >= 0.6 is 0 Å². The third kappa shape index (κ3) is 2.38. The molecule has 1 N–H and O–H groups in total. The number of hydrazone groups is 1. The number of amides is 1. The number of ether oxygens (including phenoxy) is 1. The maximum Gasteiger partial charge on any atom is 0.278 e. The largest absolute Gasteiger partial charge is 0.467 e. The molecule has 5 nitrogen and oxygen atoms in total. The molecule has 0 radical (unpaired) electrons. The second kappa shape index (κ2) is 5.38. The molecule has 2 aliphatic carbocycles. The fourth-order valence-corrected chi connectivity index (χ4v) is 3.83. The lowest BCUT2D eigenvalue weighted by Crippen LogP contribution is -2.35. The number of aromatic nitrogens is 1. The molecule has 3 rings (SSSR count). The van der Waals surface area contributed by atoms with Crippen molar-refractivity contribution >= 4 is 11.6 Å². The van der Waals surface area contributed by atoms with Gasteiger partial charge in [-0.1, -0.05) is 26.8 Å². The summed E-state index contributed by atoms with van der Waals surface area (Å²) < 4.78 is 5.32. The van der Waals surface area contributed by atoms with Crippen LogP contribution in [-0.4, -0.2) is 23.2 Å². The van der Waals surface area contributed by atoms with Gasteiger partial charge < -0.3 is 4.74 Å². The molecule has 118 valence electrons. The van der Waals surface area contributed by atoms with Crippen LogP contribution in [0.3, 0.4) is 0 Å². The van der Waals surface area contributed by atoms with Gasteiger partial charge in [0.1, 0.15) is 0 Å². The van der Waals surface area contributed by atoms with Gasteiger partial charge in [-0.3, -0.25) is 4.79 Å². The third-order valence-corrected chi connectivity index (χ3v) is 5.82. The van der Waals surface area contributed by atoms with E-state index in [0.29, 0.717) is 11.8 Å². The van der Waals surface area contributed by atoms with Crippen LogP contribution in [0, 0.1) is 16.7 Å². The Morgan fingerprint density at radius 3 is 2.86 bits per heavy atom. The summed E-state index contributed by atoms with van der Waals surface area (Å²) in [6.07, 6.45) is 5.04. The van der Waals surface area contributed by atoms with Crippen molar-refractivity contribution in [1.29, 1.82) is 0 Å². The normalized spacial score (nSPS) is 30.5. The first-order chi connectivity index (χ1) is 10.4. The first-order valence-electron chi connectivity index (χ1n) is 7.83. The molecule has 2 aliphatic rings. The standard InChI is InChI=1S/C17H23N3O2/c1-16(2)12-7-8-17(16,3)13(10-12)19-20-14(21)11-22-15-6-4-5-9-18-15/h4-6,9,12H,7-8,10-11H2,1-3H3,(H,20,21). The average molecular weight is 301 g/mol. The van der Waals surface area contributed by atoms with Crippen LogP contribution in [0.4, 0.5) is 0 Å². The fraction of sp³-hybridized carbons (Fsp3) is 0.588. The van der Waals surface area contributed by atoms with Crippen molar-refractivity contribution in [2.75, 3.05) is 6.61 Å². The molecule has 1 amide bonds. The van der Waals surface area contributed by atoms with Gasteiger partial charge >= 0.3 is 0 Å². The summed E-state index contributed by atoms with van der Waals surface area (Å²) in [5.41, 5.74) is 4.13. The van der Waals surface area contributed by atoms with Crippen molar-refractivity contribution in [3.63, 3.8) is 0 Å². The van der Waals surface area contributed by atoms with Gasteiger partial charge in [0.05, 0.1) is 0 Å². The second-order valence-electron chi connectivity index (χ2n) is 7.04. The van der Waals surface area contributed by atoms with Crippen molar-refractivity contribution in [3.05, 3.63) is 24.4 Å². The van der Waals surface area contributed by atoms with Crippen LogP contribution in [0.1, 0.15) is 40.0 Å². The number of fused-ring (bicyclic) bond motifs is 2. The van der Waals surface area contributed by atoms with Gasteiger partial charge in [0.2, 0.25) is 5.88 Å². The van der Waals surface area contributed by atoms with Gasteiger partial charge in [0.15, 0.2) is 6.61 Å². The fourth-order valence-electron chi connectivity index (χ4n) is 3.83. The molecule has 2 unspecified atom stereocenters. The van der Waals surface area contributed by atoms with Gasteiger partial charge in [0.25, 0.3) is 5.91 Å². The minimum atomic E-state index is -0.248. The molecule has 0 saturated heterocycles. The molecule has 5 heteroatoms. The predicted octanol–water partition coefficient (Wildman–Crippen LogP) is 2.78. The lowest BCUT2D eigenvalue weighted by molar-refractivity contribution is -0.123. The van der Waals surface area contributed by atoms with Crippen molar-refractivity contribution < 1.29 is 9.53 Å². The van der Waals surface area contributed by atoms with Crippen LogP contribution in [0.2, 0.25) is 0 Å². The summed E-state index contributed by atoms with van der Waals surface area (Å²) >= 11 is 0. The molecule has 0 aromatic carbocycles. The Labute approximate surface area is 131 Å². The van der Waals surface area contributed by atoms with E-state index in [4.69, 9.17) is 4.74 Å². The number of hydrogen-bond donors (Lipinski definition) is 1. The first-order valence-corrected chi connectivity index (χ1v) is 7.83. The SMILES string of the molecule is CC12CCC(CC1=NNC(=O)COc1ccccn1)C2(C)C. The number of hydrogen-bond acceptors (Lipinski definition) is 4. The predicted molar refractivity (Wildman–Crippen MR) is 84.5 cm³/mol. The van der Waals surface area contributed by atoms with E-state index in [1.807, 2.05) is 6.07 Å². The van der Waals surface area contributed by atoms with E-state index in [-0.39, 0.29) is 23.3 Å². The third-order valence-electron chi connectivity index (χ3n) is 5.82. The van der Waals surface area contributed by atoms with Crippen LogP contribution in [0.25, 0.3) is 0 Å². The summed E-state index contributed by atoms with van der Waals surface area (Å²) in [5.74, 6) is 0.874. The summed E-state index contributed by atoms with van der Waals surface area (Å²) in [5, 5.41) is 4.40. The van der Waals surface area contributed by atoms with Gasteiger partial charge in [-0.25, -0.2) is 10.4 Å².